The van der Waals surface area contributed by atoms with E-state index in [2.05, 4.69) is 10.0 Å². The number of furan rings is 1. The minimum absolute atomic E-state index is 0.0220. The first-order valence-electron chi connectivity index (χ1n) is 9.61. The molecule has 1 aliphatic rings. The number of benzene rings is 1. The van der Waals surface area contributed by atoms with Crippen LogP contribution in [-0.4, -0.2) is 50.3 Å². The monoisotopic (exact) mass is 453 g/mol. The third-order valence-corrected chi connectivity index (χ3v) is 6.75. The lowest BCUT2D eigenvalue weighted by Gasteiger charge is -2.32. The molecule has 0 unspecified atom stereocenters. The molecule has 2 aromatic rings. The summed E-state index contributed by atoms with van der Waals surface area (Å²) in [7, 11) is -3.74. The van der Waals surface area contributed by atoms with Gasteiger partial charge in [-0.05, 0) is 51.0 Å². The smallest absolute Gasteiger partial charge is 0.257 e. The highest BCUT2D eigenvalue weighted by molar-refractivity contribution is 7.89. The van der Waals surface area contributed by atoms with E-state index in [0.717, 1.165) is 0 Å². The quantitative estimate of drug-likeness (QED) is 0.698. The van der Waals surface area contributed by atoms with Gasteiger partial charge in [0.15, 0.2) is 0 Å². The standard InChI is InChI=1S/C20H24ClN3O5S/c1-13(2)23-30(27,28)16-3-4-18(21)17(11-16)19(25)22-15-5-8-24(9-6-15)20(26)14-7-10-29-12-14/h3-4,7,10-13,15,23H,5-6,8-9H2,1-2H3,(H,22,25). The van der Waals surface area contributed by atoms with Crippen LogP contribution in [0.2, 0.25) is 5.02 Å². The van der Waals surface area contributed by atoms with E-state index in [0.29, 0.717) is 31.5 Å². The summed E-state index contributed by atoms with van der Waals surface area (Å²) in [6.45, 7) is 4.42. The van der Waals surface area contributed by atoms with Crippen molar-refractivity contribution in [2.24, 2.45) is 0 Å². The highest BCUT2D eigenvalue weighted by Crippen LogP contribution is 2.22. The third-order valence-electron chi connectivity index (χ3n) is 4.77. The fraction of sp³-hybridized carbons (Fsp3) is 0.400. The summed E-state index contributed by atoms with van der Waals surface area (Å²) >= 11 is 6.15. The predicted molar refractivity (Wildman–Crippen MR) is 112 cm³/mol. The van der Waals surface area contributed by atoms with E-state index in [1.54, 1.807) is 24.8 Å². The minimum atomic E-state index is -3.74. The number of carbonyl (C=O) groups is 2. The first-order chi connectivity index (χ1) is 14.2. The van der Waals surface area contributed by atoms with Crippen molar-refractivity contribution in [1.29, 1.82) is 0 Å². The van der Waals surface area contributed by atoms with Crippen molar-refractivity contribution < 1.29 is 22.4 Å². The molecule has 162 valence electrons. The van der Waals surface area contributed by atoms with E-state index in [9.17, 15) is 18.0 Å². The van der Waals surface area contributed by atoms with Crippen LogP contribution < -0.4 is 10.0 Å². The fourth-order valence-corrected chi connectivity index (χ4v) is 4.76. The van der Waals surface area contributed by atoms with Crippen LogP contribution in [0.3, 0.4) is 0 Å². The number of sulfonamides is 1. The van der Waals surface area contributed by atoms with Gasteiger partial charge in [-0.2, -0.15) is 0 Å². The van der Waals surface area contributed by atoms with Gasteiger partial charge in [0.2, 0.25) is 10.0 Å². The fourth-order valence-electron chi connectivity index (χ4n) is 3.28. The Bertz CT molecular complexity index is 1010. The summed E-state index contributed by atoms with van der Waals surface area (Å²) in [5, 5.41) is 3.06. The molecule has 0 radical (unpaired) electrons. The van der Waals surface area contributed by atoms with Gasteiger partial charge in [0.1, 0.15) is 6.26 Å². The van der Waals surface area contributed by atoms with Crippen molar-refractivity contribution in [3.63, 3.8) is 0 Å². The van der Waals surface area contributed by atoms with Gasteiger partial charge in [0, 0.05) is 25.2 Å². The Morgan fingerprint density at radius 2 is 1.90 bits per heavy atom. The van der Waals surface area contributed by atoms with E-state index in [1.165, 1.54) is 30.7 Å². The summed E-state index contributed by atoms with van der Waals surface area (Å²) in [6.07, 6.45) is 4.03. The lowest BCUT2D eigenvalue weighted by atomic mass is 10.0. The molecule has 1 saturated heterocycles. The first kappa shape index (κ1) is 22.3. The molecule has 3 rings (SSSR count). The number of halogens is 1. The molecule has 0 saturated carbocycles. The van der Waals surface area contributed by atoms with Crippen LogP contribution in [-0.2, 0) is 10.0 Å². The number of piperidine rings is 1. The molecule has 1 aromatic carbocycles. The molecule has 8 nitrogen and oxygen atoms in total. The molecule has 30 heavy (non-hydrogen) atoms. The number of hydrogen-bond acceptors (Lipinski definition) is 5. The maximum atomic E-state index is 12.7. The molecule has 2 amide bonds. The Morgan fingerprint density at radius 3 is 2.50 bits per heavy atom. The summed E-state index contributed by atoms with van der Waals surface area (Å²) in [5.41, 5.74) is 0.595. The number of hydrogen-bond donors (Lipinski definition) is 2. The van der Waals surface area contributed by atoms with Crippen LogP contribution in [0.5, 0.6) is 0 Å². The van der Waals surface area contributed by atoms with Crippen LogP contribution >= 0.6 is 11.6 Å². The second-order valence-electron chi connectivity index (χ2n) is 7.47. The van der Waals surface area contributed by atoms with Gasteiger partial charge in [0.05, 0.1) is 27.3 Å². The average molecular weight is 454 g/mol. The largest absolute Gasteiger partial charge is 0.472 e. The van der Waals surface area contributed by atoms with Crippen molar-refractivity contribution in [3.8, 4) is 0 Å². The van der Waals surface area contributed by atoms with Gasteiger partial charge < -0.3 is 14.6 Å². The molecule has 2 heterocycles. The lowest BCUT2D eigenvalue weighted by molar-refractivity contribution is 0.0697. The highest BCUT2D eigenvalue weighted by Gasteiger charge is 2.26. The Morgan fingerprint density at radius 1 is 1.20 bits per heavy atom. The second-order valence-corrected chi connectivity index (χ2v) is 9.59. The molecular formula is C20H24ClN3O5S. The van der Waals surface area contributed by atoms with Gasteiger partial charge >= 0.3 is 0 Å². The van der Waals surface area contributed by atoms with Crippen molar-refractivity contribution in [1.82, 2.24) is 14.9 Å². The van der Waals surface area contributed by atoms with E-state index in [1.807, 2.05) is 0 Å². The number of nitrogens with one attached hydrogen (secondary N) is 2. The Hall–Kier alpha value is -2.36. The third kappa shape index (κ3) is 5.21. The summed E-state index contributed by atoms with van der Waals surface area (Å²) in [5.74, 6) is -0.548. The number of nitrogens with zero attached hydrogens (tertiary/aromatic N) is 1. The molecule has 0 atom stereocenters. The van der Waals surface area contributed by atoms with Crippen LogP contribution in [0.4, 0.5) is 0 Å². The second kappa shape index (κ2) is 9.20. The Balaban J connectivity index is 1.64. The lowest BCUT2D eigenvalue weighted by Crippen LogP contribution is -2.46. The topological polar surface area (TPSA) is 109 Å². The van der Waals surface area contributed by atoms with Crippen molar-refractivity contribution in [2.75, 3.05) is 13.1 Å². The number of carbonyl (C=O) groups excluding carboxylic acids is 2. The first-order valence-corrected chi connectivity index (χ1v) is 11.5. The summed E-state index contributed by atoms with van der Waals surface area (Å²) in [6, 6.07) is 5.24. The van der Waals surface area contributed by atoms with Gasteiger partial charge in [-0.15, -0.1) is 0 Å². The Kier molecular flexibility index (Phi) is 6.84. The number of amides is 2. The van der Waals surface area contributed by atoms with Gasteiger partial charge in [-0.1, -0.05) is 11.6 Å². The van der Waals surface area contributed by atoms with Crippen molar-refractivity contribution >= 4 is 33.4 Å². The average Bonchev–Trinajstić information content (AvgIpc) is 3.22. The van der Waals surface area contributed by atoms with Crippen LogP contribution in [0.15, 0.2) is 46.1 Å². The molecule has 1 aliphatic heterocycles. The zero-order chi connectivity index (χ0) is 21.9. The van der Waals surface area contributed by atoms with Crippen LogP contribution in [0.25, 0.3) is 0 Å². The maximum absolute atomic E-state index is 12.7. The normalized spacial score (nSPS) is 15.4. The van der Waals surface area contributed by atoms with Crippen molar-refractivity contribution in [3.05, 3.63) is 52.9 Å². The van der Waals surface area contributed by atoms with Gasteiger partial charge in [-0.25, -0.2) is 13.1 Å². The van der Waals surface area contributed by atoms with E-state index in [-0.39, 0.29) is 33.5 Å². The van der Waals surface area contributed by atoms with E-state index < -0.39 is 15.9 Å². The molecule has 1 aromatic heterocycles. The highest BCUT2D eigenvalue weighted by atomic mass is 35.5. The van der Waals surface area contributed by atoms with E-state index >= 15 is 0 Å². The van der Waals surface area contributed by atoms with Gasteiger partial charge in [0.25, 0.3) is 11.8 Å². The molecule has 0 bridgehead atoms. The van der Waals surface area contributed by atoms with Crippen LogP contribution in [0.1, 0.15) is 47.4 Å². The zero-order valence-electron chi connectivity index (χ0n) is 16.7. The number of rotatable bonds is 6. The molecule has 0 aliphatic carbocycles. The zero-order valence-corrected chi connectivity index (χ0v) is 18.3. The van der Waals surface area contributed by atoms with Crippen LogP contribution in [0, 0.1) is 0 Å². The predicted octanol–water partition coefficient (Wildman–Crippen LogP) is 2.65. The molecule has 0 spiro atoms. The minimum Gasteiger partial charge on any atom is -0.472 e. The summed E-state index contributed by atoms with van der Waals surface area (Å²) < 4.78 is 32.2. The SMILES string of the molecule is CC(C)NS(=O)(=O)c1ccc(Cl)c(C(=O)NC2CCN(C(=O)c3ccoc3)CC2)c1. The summed E-state index contributed by atoms with van der Waals surface area (Å²) in [4.78, 5) is 26.8. The Labute approximate surface area is 180 Å². The molecule has 2 N–H and O–H groups in total. The molecular weight excluding hydrogens is 430 g/mol. The maximum Gasteiger partial charge on any atom is 0.257 e. The number of likely N-dealkylation sites (tertiary alicyclic amines) is 1. The van der Waals surface area contributed by atoms with E-state index in [4.69, 9.17) is 16.0 Å². The van der Waals surface area contributed by atoms with Gasteiger partial charge in [-0.3, -0.25) is 9.59 Å². The molecule has 1 fully saturated rings. The molecule has 10 heteroatoms. The van der Waals surface area contributed by atoms with Crippen molar-refractivity contribution in [2.45, 2.75) is 43.7 Å².